The fourth-order valence-electron chi connectivity index (χ4n) is 1.65. The average Bonchev–Trinajstić information content (AvgIpc) is 2.85. The Balaban J connectivity index is 2.13. The Morgan fingerprint density at radius 1 is 1.61 bits per heavy atom. The molecule has 1 aromatic heterocycles. The number of nitrogens with one attached hydrogen (secondary N) is 1. The van der Waals surface area contributed by atoms with Gasteiger partial charge in [-0.1, -0.05) is 11.3 Å². The van der Waals surface area contributed by atoms with Crippen molar-refractivity contribution in [3.05, 3.63) is 5.69 Å². The number of amides is 1. The van der Waals surface area contributed by atoms with Crippen molar-refractivity contribution in [1.29, 1.82) is 0 Å². The van der Waals surface area contributed by atoms with Crippen LogP contribution in [0, 0.1) is 12.8 Å². The van der Waals surface area contributed by atoms with Crippen LogP contribution in [0.2, 0.25) is 0 Å². The molecule has 1 aliphatic heterocycles. The maximum Gasteiger partial charge on any atom is 0.249 e. The number of primary sulfonamides is 1. The molecule has 1 aromatic rings. The number of ether oxygens (including phenoxy) is 1. The number of hydrogen-bond donors (Lipinski definition) is 2. The first-order valence-corrected chi connectivity index (χ1v) is 7.63. The minimum absolute atomic E-state index is 0.0273. The van der Waals surface area contributed by atoms with Gasteiger partial charge in [-0.3, -0.25) is 4.79 Å². The maximum absolute atomic E-state index is 11.8. The van der Waals surface area contributed by atoms with Gasteiger partial charge in [0, 0.05) is 6.61 Å². The van der Waals surface area contributed by atoms with Gasteiger partial charge in [-0.2, -0.15) is 0 Å². The van der Waals surface area contributed by atoms with Crippen molar-refractivity contribution >= 4 is 32.4 Å². The number of aryl methyl sites for hydroxylation is 1. The zero-order valence-corrected chi connectivity index (χ0v) is 11.3. The molecule has 0 spiro atoms. The number of nitrogens with two attached hydrogens (primary N) is 1. The standard InChI is InChI=1S/C9H13N3O4S2/c1-5-8(18(10,14)15)17-9(11-5)12-7(13)6-2-3-16-4-6/h6H,2-4H2,1H3,(H2,10,14,15)(H,11,12,13). The van der Waals surface area contributed by atoms with Gasteiger partial charge >= 0.3 is 0 Å². The van der Waals surface area contributed by atoms with Crippen molar-refractivity contribution < 1.29 is 17.9 Å². The second kappa shape index (κ2) is 4.92. The molecular formula is C9H13N3O4S2. The van der Waals surface area contributed by atoms with Crippen LogP contribution in [0.5, 0.6) is 0 Å². The van der Waals surface area contributed by atoms with Crippen molar-refractivity contribution in [3.8, 4) is 0 Å². The van der Waals surface area contributed by atoms with Crippen LogP contribution in [0.25, 0.3) is 0 Å². The third kappa shape index (κ3) is 2.86. The van der Waals surface area contributed by atoms with Crippen LogP contribution in [0.15, 0.2) is 4.21 Å². The van der Waals surface area contributed by atoms with Crippen molar-refractivity contribution in [1.82, 2.24) is 4.98 Å². The second-order valence-electron chi connectivity index (χ2n) is 3.99. The Morgan fingerprint density at radius 2 is 2.33 bits per heavy atom. The summed E-state index contributed by atoms with van der Waals surface area (Å²) in [6.45, 7) is 2.49. The molecule has 1 atom stereocenters. The lowest BCUT2D eigenvalue weighted by atomic mass is 10.1. The van der Waals surface area contributed by atoms with E-state index < -0.39 is 10.0 Å². The van der Waals surface area contributed by atoms with Gasteiger partial charge in [0.1, 0.15) is 0 Å². The minimum Gasteiger partial charge on any atom is -0.381 e. The number of carbonyl (C=O) groups is 1. The lowest BCUT2D eigenvalue weighted by Gasteiger charge is -2.05. The average molecular weight is 291 g/mol. The fourth-order valence-corrected chi connectivity index (χ4v) is 3.51. The second-order valence-corrected chi connectivity index (χ2v) is 6.74. The Morgan fingerprint density at radius 3 is 2.83 bits per heavy atom. The minimum atomic E-state index is -3.79. The van der Waals surface area contributed by atoms with Crippen LogP contribution in [-0.4, -0.2) is 32.5 Å². The third-order valence-electron chi connectivity index (χ3n) is 2.54. The highest BCUT2D eigenvalue weighted by atomic mass is 32.2. The fraction of sp³-hybridized carbons (Fsp3) is 0.556. The summed E-state index contributed by atoms with van der Waals surface area (Å²) in [6, 6.07) is 0. The first kappa shape index (κ1) is 13.4. The number of carbonyl (C=O) groups excluding carboxylic acids is 1. The monoisotopic (exact) mass is 291 g/mol. The Labute approximate surface area is 108 Å². The molecule has 1 fully saturated rings. The Bertz CT molecular complexity index is 560. The van der Waals surface area contributed by atoms with Gasteiger partial charge in [0.25, 0.3) is 0 Å². The molecule has 9 heteroatoms. The summed E-state index contributed by atoms with van der Waals surface area (Å²) in [6.07, 6.45) is 0.665. The Hall–Kier alpha value is -1.03. The number of thiazole rings is 1. The smallest absolute Gasteiger partial charge is 0.249 e. The van der Waals surface area contributed by atoms with Crippen LogP contribution in [0.1, 0.15) is 12.1 Å². The predicted octanol–water partition coefficient (Wildman–Crippen LogP) is 0.0739. The van der Waals surface area contributed by atoms with Gasteiger partial charge in [-0.15, -0.1) is 0 Å². The lowest BCUT2D eigenvalue weighted by molar-refractivity contribution is -0.119. The van der Waals surface area contributed by atoms with Gasteiger partial charge < -0.3 is 10.1 Å². The molecule has 0 saturated carbocycles. The number of hydrogen-bond acceptors (Lipinski definition) is 6. The number of aromatic nitrogens is 1. The molecule has 1 saturated heterocycles. The van der Waals surface area contributed by atoms with Crippen molar-refractivity contribution in [2.75, 3.05) is 18.5 Å². The first-order valence-electron chi connectivity index (χ1n) is 5.27. The van der Waals surface area contributed by atoms with Crippen LogP contribution >= 0.6 is 11.3 Å². The van der Waals surface area contributed by atoms with E-state index in [0.717, 1.165) is 11.3 Å². The zero-order chi connectivity index (χ0) is 13.3. The zero-order valence-electron chi connectivity index (χ0n) is 9.67. The highest BCUT2D eigenvalue weighted by molar-refractivity contribution is 7.91. The summed E-state index contributed by atoms with van der Waals surface area (Å²) in [4.78, 5) is 15.8. The predicted molar refractivity (Wildman–Crippen MR) is 65.8 cm³/mol. The summed E-state index contributed by atoms with van der Waals surface area (Å²) >= 11 is 0.857. The SMILES string of the molecule is Cc1nc(NC(=O)C2CCOC2)sc1S(N)(=O)=O. The number of rotatable bonds is 3. The molecule has 0 bridgehead atoms. The Kier molecular flexibility index (Phi) is 3.66. The molecular weight excluding hydrogens is 278 g/mol. The van der Waals surface area contributed by atoms with Crippen LogP contribution in [0.3, 0.4) is 0 Å². The van der Waals surface area contributed by atoms with E-state index in [0.29, 0.717) is 25.3 Å². The van der Waals surface area contributed by atoms with Gasteiger partial charge in [0.05, 0.1) is 18.2 Å². The molecule has 0 aromatic carbocycles. The maximum atomic E-state index is 11.8. The number of sulfonamides is 1. The van der Waals surface area contributed by atoms with Gasteiger partial charge in [-0.05, 0) is 13.3 Å². The van der Waals surface area contributed by atoms with E-state index in [1.807, 2.05) is 0 Å². The van der Waals surface area contributed by atoms with E-state index in [-0.39, 0.29) is 21.2 Å². The van der Waals surface area contributed by atoms with Gasteiger partial charge in [-0.25, -0.2) is 18.5 Å². The highest BCUT2D eigenvalue weighted by Crippen LogP contribution is 2.26. The van der Waals surface area contributed by atoms with E-state index in [4.69, 9.17) is 9.88 Å². The molecule has 2 heterocycles. The van der Waals surface area contributed by atoms with E-state index in [2.05, 4.69) is 10.3 Å². The largest absolute Gasteiger partial charge is 0.381 e. The van der Waals surface area contributed by atoms with Crippen molar-refractivity contribution in [2.24, 2.45) is 11.1 Å². The van der Waals surface area contributed by atoms with E-state index >= 15 is 0 Å². The quantitative estimate of drug-likeness (QED) is 0.818. The van der Waals surface area contributed by atoms with E-state index in [1.165, 1.54) is 6.92 Å². The van der Waals surface area contributed by atoms with Crippen LogP contribution in [0.4, 0.5) is 5.13 Å². The molecule has 18 heavy (non-hydrogen) atoms. The van der Waals surface area contributed by atoms with E-state index in [1.54, 1.807) is 0 Å². The van der Waals surface area contributed by atoms with E-state index in [9.17, 15) is 13.2 Å². The highest BCUT2D eigenvalue weighted by Gasteiger charge is 2.25. The topological polar surface area (TPSA) is 111 Å². The van der Waals surface area contributed by atoms with Gasteiger partial charge in [0.2, 0.25) is 15.9 Å². The molecule has 2 rings (SSSR count). The van der Waals surface area contributed by atoms with Crippen LogP contribution < -0.4 is 10.5 Å². The molecule has 3 N–H and O–H groups in total. The molecule has 1 aliphatic rings. The third-order valence-corrected chi connectivity index (χ3v) is 5.17. The van der Waals surface area contributed by atoms with Gasteiger partial charge in [0.15, 0.2) is 9.34 Å². The number of anilines is 1. The molecule has 100 valence electrons. The lowest BCUT2D eigenvalue weighted by Crippen LogP contribution is -2.22. The molecule has 1 amide bonds. The summed E-state index contributed by atoms with van der Waals surface area (Å²) < 4.78 is 27.5. The molecule has 0 radical (unpaired) electrons. The van der Waals surface area contributed by atoms with Crippen LogP contribution in [-0.2, 0) is 19.6 Å². The summed E-state index contributed by atoms with van der Waals surface area (Å²) in [7, 11) is -3.79. The number of nitrogens with zero attached hydrogens (tertiary/aromatic N) is 1. The van der Waals surface area contributed by atoms with Crippen molar-refractivity contribution in [3.63, 3.8) is 0 Å². The summed E-state index contributed by atoms with van der Waals surface area (Å²) in [5, 5.41) is 7.86. The normalized spacial score (nSPS) is 20.0. The molecule has 1 unspecified atom stereocenters. The summed E-state index contributed by atoms with van der Waals surface area (Å²) in [5.41, 5.74) is 0.292. The first-order chi connectivity index (χ1) is 8.38. The molecule has 0 aliphatic carbocycles. The molecule has 7 nitrogen and oxygen atoms in total. The summed E-state index contributed by atoms with van der Waals surface area (Å²) in [5.74, 6) is -0.408. The van der Waals surface area contributed by atoms with Crippen molar-refractivity contribution in [2.45, 2.75) is 17.6 Å².